The van der Waals surface area contributed by atoms with Gasteiger partial charge in [0.05, 0.1) is 12.0 Å². The monoisotopic (exact) mass is 348 g/mol. The van der Waals surface area contributed by atoms with E-state index in [1.54, 1.807) is 12.1 Å². The van der Waals surface area contributed by atoms with E-state index in [-0.39, 0.29) is 23.6 Å². The second kappa shape index (κ2) is 6.90. The van der Waals surface area contributed by atoms with Crippen molar-refractivity contribution in [3.05, 3.63) is 64.1 Å². The Hall–Kier alpha value is -2.34. The van der Waals surface area contributed by atoms with Crippen LogP contribution in [0.15, 0.2) is 53.0 Å². The topological polar surface area (TPSA) is 78.4 Å². The predicted molar refractivity (Wildman–Crippen MR) is 81.6 cm³/mol. The molecule has 0 saturated carbocycles. The third-order valence-electron chi connectivity index (χ3n) is 2.74. The van der Waals surface area contributed by atoms with Gasteiger partial charge in [0.25, 0.3) is 5.91 Å². The summed E-state index contributed by atoms with van der Waals surface area (Å²) in [6.45, 7) is 0. The van der Waals surface area contributed by atoms with Gasteiger partial charge < -0.3 is 5.11 Å². The number of aromatic hydroxyl groups is 1. The largest absolute Gasteiger partial charge is 0.507 e. The molecule has 2 rings (SSSR count). The molecular weight excluding hydrogens is 336 g/mol. The molecular formula is C15H13BrN2O3. The van der Waals surface area contributed by atoms with Crippen molar-refractivity contribution in [2.75, 3.05) is 0 Å². The number of nitrogens with one attached hydrogen (secondary N) is 2. The van der Waals surface area contributed by atoms with Gasteiger partial charge in [0.15, 0.2) is 0 Å². The van der Waals surface area contributed by atoms with Crippen LogP contribution in [0.2, 0.25) is 0 Å². The van der Waals surface area contributed by atoms with E-state index in [2.05, 4.69) is 26.8 Å². The van der Waals surface area contributed by atoms with E-state index in [4.69, 9.17) is 0 Å². The second-order valence-corrected chi connectivity index (χ2v) is 5.24. The Morgan fingerprint density at radius 2 is 1.67 bits per heavy atom. The lowest BCUT2D eigenvalue weighted by molar-refractivity contribution is -0.121. The van der Waals surface area contributed by atoms with Crippen LogP contribution in [0.5, 0.6) is 5.75 Å². The number of amides is 2. The lowest BCUT2D eigenvalue weighted by Gasteiger charge is -2.08. The lowest BCUT2D eigenvalue weighted by Crippen LogP contribution is -2.42. The first-order valence-corrected chi connectivity index (χ1v) is 6.97. The summed E-state index contributed by atoms with van der Waals surface area (Å²) in [6.07, 6.45) is 0.147. The molecule has 0 bridgehead atoms. The number of carbonyl (C=O) groups excluding carboxylic acids is 2. The van der Waals surface area contributed by atoms with Crippen LogP contribution in [-0.2, 0) is 11.2 Å². The molecule has 0 unspecified atom stereocenters. The number of para-hydroxylation sites is 1. The lowest BCUT2D eigenvalue weighted by atomic mass is 10.1. The maximum Gasteiger partial charge on any atom is 0.273 e. The summed E-state index contributed by atoms with van der Waals surface area (Å²) < 4.78 is 0.930. The molecule has 0 saturated heterocycles. The van der Waals surface area contributed by atoms with E-state index in [9.17, 15) is 14.7 Å². The first-order chi connectivity index (χ1) is 10.1. The van der Waals surface area contributed by atoms with E-state index < -0.39 is 5.91 Å². The van der Waals surface area contributed by atoms with Crippen LogP contribution >= 0.6 is 15.9 Å². The first-order valence-electron chi connectivity index (χ1n) is 6.18. The maximum absolute atomic E-state index is 11.8. The molecule has 0 spiro atoms. The minimum Gasteiger partial charge on any atom is -0.507 e. The van der Waals surface area contributed by atoms with E-state index in [1.165, 1.54) is 12.1 Å². The molecule has 0 radical (unpaired) electrons. The molecule has 108 valence electrons. The van der Waals surface area contributed by atoms with E-state index in [0.29, 0.717) is 0 Å². The maximum atomic E-state index is 11.8. The summed E-state index contributed by atoms with van der Waals surface area (Å²) in [5, 5.41) is 9.53. The summed E-state index contributed by atoms with van der Waals surface area (Å²) in [5.41, 5.74) is 5.50. The van der Waals surface area contributed by atoms with Gasteiger partial charge in [-0.25, -0.2) is 0 Å². The smallest absolute Gasteiger partial charge is 0.273 e. The summed E-state index contributed by atoms with van der Waals surface area (Å²) >= 11 is 3.31. The zero-order chi connectivity index (χ0) is 15.2. The van der Waals surface area contributed by atoms with Gasteiger partial charge in [-0.15, -0.1) is 0 Å². The third-order valence-corrected chi connectivity index (χ3v) is 3.27. The Labute approximate surface area is 130 Å². The van der Waals surface area contributed by atoms with Crippen molar-refractivity contribution in [3.8, 4) is 5.75 Å². The van der Waals surface area contributed by atoms with Crippen molar-refractivity contribution in [3.63, 3.8) is 0 Å². The minimum atomic E-state index is -0.572. The van der Waals surface area contributed by atoms with Gasteiger partial charge >= 0.3 is 0 Å². The number of phenols is 1. The second-order valence-electron chi connectivity index (χ2n) is 4.32. The molecule has 0 aliphatic carbocycles. The number of hydrogen-bond acceptors (Lipinski definition) is 3. The van der Waals surface area contributed by atoms with Crippen LogP contribution in [0.1, 0.15) is 15.9 Å². The van der Waals surface area contributed by atoms with Crippen molar-refractivity contribution in [1.29, 1.82) is 0 Å². The van der Waals surface area contributed by atoms with Gasteiger partial charge in [0, 0.05) is 4.47 Å². The van der Waals surface area contributed by atoms with Gasteiger partial charge in [-0.3, -0.25) is 20.4 Å². The third kappa shape index (κ3) is 4.32. The van der Waals surface area contributed by atoms with Crippen LogP contribution < -0.4 is 10.9 Å². The van der Waals surface area contributed by atoms with E-state index >= 15 is 0 Å². The number of hydrazine groups is 1. The number of benzene rings is 2. The van der Waals surface area contributed by atoms with Crippen molar-refractivity contribution >= 4 is 27.7 Å². The van der Waals surface area contributed by atoms with Crippen molar-refractivity contribution in [1.82, 2.24) is 10.9 Å². The number of rotatable bonds is 3. The molecule has 0 aliphatic rings. The molecule has 0 aliphatic heterocycles. The number of phenolic OH excluding ortho intramolecular Hbond substituents is 1. The van der Waals surface area contributed by atoms with Crippen molar-refractivity contribution in [2.45, 2.75) is 6.42 Å². The van der Waals surface area contributed by atoms with E-state index in [1.807, 2.05) is 24.3 Å². The Morgan fingerprint density at radius 3 is 2.33 bits per heavy atom. The molecule has 0 atom stereocenters. The highest BCUT2D eigenvalue weighted by Gasteiger charge is 2.11. The fourth-order valence-electron chi connectivity index (χ4n) is 1.69. The SMILES string of the molecule is O=C(Cc1ccc(Br)cc1)NNC(=O)c1ccccc1O. The Balaban J connectivity index is 1.88. The molecule has 6 heteroatoms. The highest BCUT2D eigenvalue weighted by atomic mass is 79.9. The quantitative estimate of drug-likeness (QED) is 0.743. The van der Waals surface area contributed by atoms with Crippen LogP contribution in [0.3, 0.4) is 0 Å². The zero-order valence-electron chi connectivity index (χ0n) is 11.0. The Bertz CT molecular complexity index is 656. The zero-order valence-corrected chi connectivity index (χ0v) is 12.6. The summed E-state index contributed by atoms with van der Waals surface area (Å²) in [7, 11) is 0. The summed E-state index contributed by atoms with van der Waals surface area (Å²) in [5.74, 6) is -1.06. The summed E-state index contributed by atoms with van der Waals surface area (Å²) in [6, 6.07) is 13.4. The Kier molecular flexibility index (Phi) is 4.94. The molecule has 2 amide bonds. The highest BCUT2D eigenvalue weighted by molar-refractivity contribution is 9.10. The molecule has 0 heterocycles. The molecule has 3 N–H and O–H groups in total. The van der Waals surface area contributed by atoms with Crippen molar-refractivity contribution in [2.24, 2.45) is 0 Å². The molecule has 0 fully saturated rings. The van der Waals surface area contributed by atoms with Gasteiger partial charge in [-0.05, 0) is 29.8 Å². The minimum absolute atomic E-state index is 0.0986. The Morgan fingerprint density at radius 1 is 1.00 bits per heavy atom. The van der Waals surface area contributed by atoms with Crippen molar-refractivity contribution < 1.29 is 14.7 Å². The average Bonchev–Trinajstić information content (AvgIpc) is 2.48. The molecule has 2 aromatic carbocycles. The van der Waals surface area contributed by atoms with Gasteiger partial charge in [0.2, 0.25) is 5.91 Å². The number of carbonyl (C=O) groups is 2. The standard InChI is InChI=1S/C15H13BrN2O3/c16-11-7-5-10(6-8-11)9-14(20)17-18-15(21)12-3-1-2-4-13(12)19/h1-8,19H,9H2,(H,17,20)(H,18,21). The van der Waals surface area contributed by atoms with Crippen LogP contribution in [0.4, 0.5) is 0 Å². The molecule has 21 heavy (non-hydrogen) atoms. The van der Waals surface area contributed by atoms with Gasteiger partial charge in [0.1, 0.15) is 5.75 Å². The fourth-order valence-corrected chi connectivity index (χ4v) is 1.96. The molecule has 0 aromatic heterocycles. The first kappa shape index (κ1) is 15.1. The van der Waals surface area contributed by atoms with Crippen LogP contribution in [0.25, 0.3) is 0 Å². The summed E-state index contributed by atoms with van der Waals surface area (Å²) in [4.78, 5) is 23.5. The van der Waals surface area contributed by atoms with Gasteiger partial charge in [-0.2, -0.15) is 0 Å². The predicted octanol–water partition coefficient (Wildman–Crippen LogP) is 2.16. The van der Waals surface area contributed by atoms with Crippen LogP contribution in [-0.4, -0.2) is 16.9 Å². The van der Waals surface area contributed by atoms with Crippen LogP contribution in [0, 0.1) is 0 Å². The molecule has 5 nitrogen and oxygen atoms in total. The number of halogens is 1. The highest BCUT2D eigenvalue weighted by Crippen LogP contribution is 2.14. The normalized spacial score (nSPS) is 9.95. The molecule has 2 aromatic rings. The average molecular weight is 349 g/mol. The van der Waals surface area contributed by atoms with Gasteiger partial charge in [-0.1, -0.05) is 40.2 Å². The number of hydrogen-bond donors (Lipinski definition) is 3. The van der Waals surface area contributed by atoms with E-state index in [0.717, 1.165) is 10.0 Å². The fraction of sp³-hybridized carbons (Fsp3) is 0.0667.